The first-order valence-electron chi connectivity index (χ1n) is 6.32. The Bertz CT molecular complexity index is 406. The van der Waals surface area contributed by atoms with Crippen LogP contribution in [0, 0.1) is 0 Å². The monoisotopic (exact) mass is 314 g/mol. The van der Waals surface area contributed by atoms with E-state index in [1.165, 1.54) is 0 Å². The van der Waals surface area contributed by atoms with Gasteiger partial charge in [0.25, 0.3) is 0 Å². The van der Waals surface area contributed by atoms with Crippen molar-refractivity contribution in [1.82, 2.24) is 0 Å². The third-order valence-electron chi connectivity index (χ3n) is 3.17. The number of halogens is 1. The first-order chi connectivity index (χ1) is 8.56. The lowest BCUT2D eigenvalue weighted by atomic mass is 10.1. The highest BCUT2D eigenvalue weighted by atomic mass is 79.9. The van der Waals surface area contributed by atoms with Gasteiger partial charge in [-0.1, -0.05) is 15.9 Å². The Hall–Kier alpha value is -0.580. The van der Waals surface area contributed by atoms with Crippen molar-refractivity contribution < 1.29 is 14.6 Å². The minimum Gasteiger partial charge on any atom is -0.490 e. The molecule has 0 radical (unpaired) electrons. The first-order valence-corrected chi connectivity index (χ1v) is 7.11. The number of aliphatic hydroxyl groups excluding tert-OH is 1. The Morgan fingerprint density at radius 2 is 2.28 bits per heavy atom. The van der Waals surface area contributed by atoms with Crippen LogP contribution >= 0.6 is 15.9 Å². The quantitative estimate of drug-likeness (QED) is 0.925. The SMILES string of the molecule is CC1CCC(COc2ccc(Br)cc2C(C)O)O1. The summed E-state index contributed by atoms with van der Waals surface area (Å²) in [6, 6.07) is 5.68. The summed E-state index contributed by atoms with van der Waals surface area (Å²) in [5, 5.41) is 9.73. The first kappa shape index (κ1) is 13.8. The molecule has 1 aromatic rings. The molecule has 0 aromatic heterocycles. The van der Waals surface area contributed by atoms with E-state index in [1.807, 2.05) is 18.2 Å². The summed E-state index contributed by atoms with van der Waals surface area (Å²) >= 11 is 3.40. The molecule has 1 aliphatic heterocycles. The minimum absolute atomic E-state index is 0.172. The van der Waals surface area contributed by atoms with Crippen molar-refractivity contribution in [3.63, 3.8) is 0 Å². The van der Waals surface area contributed by atoms with E-state index in [0.29, 0.717) is 12.7 Å². The Kier molecular flexibility index (Phi) is 4.65. The van der Waals surface area contributed by atoms with Crippen molar-refractivity contribution in [1.29, 1.82) is 0 Å². The summed E-state index contributed by atoms with van der Waals surface area (Å²) in [4.78, 5) is 0. The molecule has 1 N–H and O–H groups in total. The Morgan fingerprint density at radius 1 is 1.50 bits per heavy atom. The molecule has 2 rings (SSSR count). The number of benzene rings is 1. The van der Waals surface area contributed by atoms with E-state index < -0.39 is 6.10 Å². The van der Waals surface area contributed by atoms with Gasteiger partial charge < -0.3 is 14.6 Å². The van der Waals surface area contributed by atoms with Crippen LogP contribution in [0.1, 0.15) is 38.4 Å². The van der Waals surface area contributed by atoms with Crippen LogP contribution in [0.2, 0.25) is 0 Å². The molecule has 1 saturated heterocycles. The van der Waals surface area contributed by atoms with Crippen molar-refractivity contribution >= 4 is 15.9 Å². The average Bonchev–Trinajstić information content (AvgIpc) is 2.73. The third-order valence-corrected chi connectivity index (χ3v) is 3.66. The van der Waals surface area contributed by atoms with E-state index in [4.69, 9.17) is 9.47 Å². The van der Waals surface area contributed by atoms with Gasteiger partial charge in [0.2, 0.25) is 0 Å². The van der Waals surface area contributed by atoms with Gasteiger partial charge in [-0.2, -0.15) is 0 Å². The smallest absolute Gasteiger partial charge is 0.125 e. The zero-order valence-electron chi connectivity index (χ0n) is 10.7. The van der Waals surface area contributed by atoms with Crippen LogP contribution in [0.3, 0.4) is 0 Å². The fourth-order valence-electron chi connectivity index (χ4n) is 2.17. The normalized spacial score (nSPS) is 25.1. The number of ether oxygens (including phenoxy) is 2. The zero-order chi connectivity index (χ0) is 13.1. The molecule has 1 fully saturated rings. The lowest BCUT2D eigenvalue weighted by Crippen LogP contribution is -2.18. The second kappa shape index (κ2) is 6.04. The molecule has 0 aliphatic carbocycles. The molecule has 1 aliphatic rings. The van der Waals surface area contributed by atoms with Gasteiger partial charge in [0.05, 0.1) is 18.3 Å². The molecule has 1 heterocycles. The highest BCUT2D eigenvalue weighted by molar-refractivity contribution is 9.10. The number of rotatable bonds is 4. The summed E-state index contributed by atoms with van der Waals surface area (Å²) in [5.74, 6) is 0.733. The molecule has 3 nitrogen and oxygen atoms in total. The maximum Gasteiger partial charge on any atom is 0.125 e. The summed E-state index contributed by atoms with van der Waals surface area (Å²) in [6.45, 7) is 4.37. The van der Waals surface area contributed by atoms with Crippen LogP contribution in [0.15, 0.2) is 22.7 Å². The van der Waals surface area contributed by atoms with Gasteiger partial charge >= 0.3 is 0 Å². The highest BCUT2D eigenvalue weighted by Crippen LogP contribution is 2.29. The molecule has 0 saturated carbocycles. The molecule has 0 amide bonds. The summed E-state index contributed by atoms with van der Waals surface area (Å²) in [7, 11) is 0. The zero-order valence-corrected chi connectivity index (χ0v) is 12.3. The second-order valence-electron chi connectivity index (χ2n) is 4.82. The summed E-state index contributed by atoms with van der Waals surface area (Å²) in [5.41, 5.74) is 0.801. The van der Waals surface area contributed by atoms with Gasteiger partial charge in [-0.15, -0.1) is 0 Å². The van der Waals surface area contributed by atoms with Crippen molar-refractivity contribution in [3.05, 3.63) is 28.2 Å². The third kappa shape index (κ3) is 3.46. The topological polar surface area (TPSA) is 38.7 Å². The molecular weight excluding hydrogens is 296 g/mol. The Labute approximate surface area is 116 Å². The van der Waals surface area contributed by atoms with E-state index in [9.17, 15) is 5.11 Å². The molecule has 1 aromatic carbocycles. The van der Waals surface area contributed by atoms with Gasteiger partial charge in [-0.25, -0.2) is 0 Å². The summed E-state index contributed by atoms with van der Waals surface area (Å²) < 4.78 is 12.4. The highest BCUT2D eigenvalue weighted by Gasteiger charge is 2.22. The van der Waals surface area contributed by atoms with Gasteiger partial charge in [0.1, 0.15) is 12.4 Å². The van der Waals surface area contributed by atoms with Gasteiger partial charge in [0.15, 0.2) is 0 Å². The fourth-order valence-corrected chi connectivity index (χ4v) is 2.55. The van der Waals surface area contributed by atoms with Crippen LogP contribution in [0.25, 0.3) is 0 Å². The lowest BCUT2D eigenvalue weighted by molar-refractivity contribution is 0.0256. The van der Waals surface area contributed by atoms with E-state index in [0.717, 1.165) is 28.6 Å². The molecule has 100 valence electrons. The Balaban J connectivity index is 2.00. The number of hydrogen-bond donors (Lipinski definition) is 1. The van der Waals surface area contributed by atoms with E-state index >= 15 is 0 Å². The molecule has 3 atom stereocenters. The van der Waals surface area contributed by atoms with Crippen molar-refractivity contribution in [2.45, 2.75) is 45.0 Å². The number of hydrogen-bond acceptors (Lipinski definition) is 3. The average molecular weight is 315 g/mol. The molecule has 3 unspecified atom stereocenters. The maximum absolute atomic E-state index is 9.73. The minimum atomic E-state index is -0.541. The predicted octanol–water partition coefficient (Wildman–Crippen LogP) is 3.45. The largest absolute Gasteiger partial charge is 0.490 e. The number of aliphatic hydroxyl groups is 1. The molecule has 0 bridgehead atoms. The van der Waals surface area contributed by atoms with Gasteiger partial charge in [-0.05, 0) is 44.9 Å². The fraction of sp³-hybridized carbons (Fsp3) is 0.571. The lowest BCUT2D eigenvalue weighted by Gasteiger charge is -2.17. The Morgan fingerprint density at radius 3 is 2.89 bits per heavy atom. The predicted molar refractivity (Wildman–Crippen MR) is 73.8 cm³/mol. The van der Waals surface area contributed by atoms with Crippen LogP contribution in [0.4, 0.5) is 0 Å². The van der Waals surface area contributed by atoms with E-state index in [-0.39, 0.29) is 6.10 Å². The van der Waals surface area contributed by atoms with Crippen molar-refractivity contribution in [2.24, 2.45) is 0 Å². The van der Waals surface area contributed by atoms with Crippen LogP contribution in [-0.4, -0.2) is 23.9 Å². The second-order valence-corrected chi connectivity index (χ2v) is 5.73. The van der Waals surface area contributed by atoms with Gasteiger partial charge in [0, 0.05) is 10.0 Å². The molecule has 18 heavy (non-hydrogen) atoms. The standard InChI is InChI=1S/C14H19BrO3/c1-9-3-5-12(18-9)8-17-14-6-4-11(15)7-13(14)10(2)16/h4,6-7,9-10,12,16H,3,5,8H2,1-2H3. The van der Waals surface area contributed by atoms with Crippen LogP contribution in [-0.2, 0) is 4.74 Å². The summed E-state index contributed by atoms with van der Waals surface area (Å²) in [6.07, 6.45) is 2.10. The van der Waals surface area contributed by atoms with Crippen LogP contribution < -0.4 is 4.74 Å². The van der Waals surface area contributed by atoms with Crippen LogP contribution in [0.5, 0.6) is 5.75 Å². The molecule has 0 spiro atoms. The van der Waals surface area contributed by atoms with E-state index in [1.54, 1.807) is 6.92 Å². The van der Waals surface area contributed by atoms with Crippen molar-refractivity contribution in [2.75, 3.05) is 6.61 Å². The van der Waals surface area contributed by atoms with E-state index in [2.05, 4.69) is 22.9 Å². The van der Waals surface area contributed by atoms with Crippen molar-refractivity contribution in [3.8, 4) is 5.75 Å². The molecular formula is C14H19BrO3. The maximum atomic E-state index is 9.73. The molecule has 4 heteroatoms. The van der Waals surface area contributed by atoms with Gasteiger partial charge in [-0.3, -0.25) is 0 Å².